The number of carboxylic acids is 1. The van der Waals surface area contributed by atoms with Crippen LogP contribution in [0.2, 0.25) is 0 Å². The van der Waals surface area contributed by atoms with E-state index in [0.29, 0.717) is 0 Å². The highest BCUT2D eigenvalue weighted by molar-refractivity contribution is 5.77. The summed E-state index contributed by atoms with van der Waals surface area (Å²) in [4.78, 5) is 97.8. The molecule has 2 aliphatic heterocycles. The third kappa shape index (κ3) is 10.6. The Kier molecular flexibility index (Phi) is 13.6. The number of nitrogens with one attached hydrogen (secondary N) is 1. The Labute approximate surface area is 268 Å². The van der Waals surface area contributed by atoms with Crippen LogP contribution in [0.3, 0.4) is 0 Å². The second-order valence-electron chi connectivity index (χ2n) is 10.6. The topological polar surface area (TPSA) is 252 Å². The summed E-state index contributed by atoms with van der Waals surface area (Å²) in [5.74, 6) is -10.5. The molecule has 0 spiro atoms. The minimum absolute atomic E-state index is 0.116. The molecule has 47 heavy (non-hydrogen) atoms. The second kappa shape index (κ2) is 16.5. The summed E-state index contributed by atoms with van der Waals surface area (Å²) in [5.41, 5.74) is 0. The summed E-state index contributed by atoms with van der Waals surface area (Å²) in [6, 6.07) is -1.55. The molecule has 19 heteroatoms. The quantitative estimate of drug-likeness (QED) is 0.186. The van der Waals surface area contributed by atoms with Gasteiger partial charge in [0.05, 0.1) is 0 Å². The third-order valence-electron chi connectivity index (χ3n) is 6.64. The van der Waals surface area contributed by atoms with Gasteiger partial charge >= 0.3 is 41.8 Å². The van der Waals surface area contributed by atoms with Crippen molar-refractivity contribution in [2.75, 3.05) is 6.61 Å². The van der Waals surface area contributed by atoms with Crippen molar-refractivity contribution in [3.05, 3.63) is 0 Å². The minimum Gasteiger partial charge on any atom is -0.479 e. The number of ether oxygens (including phenoxy) is 9. The Morgan fingerprint density at radius 2 is 1.21 bits per heavy atom. The molecule has 0 aromatic rings. The molecule has 0 bridgehead atoms. The van der Waals surface area contributed by atoms with Crippen LogP contribution < -0.4 is 5.32 Å². The molecule has 1 unspecified atom stereocenters. The molecule has 2 heterocycles. The number of esters is 6. The Bertz CT molecular complexity index is 1240. The van der Waals surface area contributed by atoms with E-state index in [1.807, 2.05) is 0 Å². The molecular formula is C28H39NO18. The summed E-state index contributed by atoms with van der Waals surface area (Å²) < 4.78 is 49.6. The van der Waals surface area contributed by atoms with Crippen molar-refractivity contribution in [3.8, 4) is 0 Å². The molecule has 0 radical (unpaired) electrons. The van der Waals surface area contributed by atoms with Crippen molar-refractivity contribution in [1.29, 1.82) is 0 Å². The Hall–Kier alpha value is -4.36. The van der Waals surface area contributed by atoms with Gasteiger partial charge in [-0.1, -0.05) is 6.92 Å². The highest BCUT2D eigenvalue weighted by Gasteiger charge is 2.63. The van der Waals surface area contributed by atoms with E-state index in [9.17, 15) is 43.5 Å². The molecule has 2 fully saturated rings. The van der Waals surface area contributed by atoms with Gasteiger partial charge in [0.25, 0.3) is 0 Å². The van der Waals surface area contributed by atoms with Crippen LogP contribution in [0.15, 0.2) is 0 Å². The van der Waals surface area contributed by atoms with Gasteiger partial charge in [-0.25, -0.2) is 4.79 Å². The van der Waals surface area contributed by atoms with E-state index in [2.05, 4.69) is 5.32 Å². The largest absolute Gasteiger partial charge is 0.479 e. The maximum absolute atomic E-state index is 12.7. The summed E-state index contributed by atoms with van der Waals surface area (Å²) in [7, 11) is 0. The smallest absolute Gasteiger partial charge is 0.337 e. The zero-order chi connectivity index (χ0) is 35.8. The van der Waals surface area contributed by atoms with Gasteiger partial charge in [0.1, 0.15) is 24.9 Å². The van der Waals surface area contributed by atoms with Crippen molar-refractivity contribution in [3.63, 3.8) is 0 Å². The lowest BCUT2D eigenvalue weighted by molar-refractivity contribution is -0.382. The van der Waals surface area contributed by atoms with Crippen LogP contribution >= 0.6 is 0 Å². The van der Waals surface area contributed by atoms with E-state index in [1.165, 1.54) is 6.92 Å². The maximum Gasteiger partial charge on any atom is 0.337 e. The Balaban J connectivity index is 2.85. The van der Waals surface area contributed by atoms with Gasteiger partial charge < -0.3 is 53.1 Å². The molecule has 1 amide bonds. The molecular weight excluding hydrogens is 638 g/mol. The van der Waals surface area contributed by atoms with Crippen LogP contribution in [0.5, 0.6) is 0 Å². The SMILES string of the molecule is CCC(=O)N[C@H]1C(OC(C)=O)O[C@H](COC(C)=O)[C@@H](OC(C)=O)[C@@H]1O[C@]1(C)O[C@H](C(=O)O)[C@@H](OC(C)=O)[C@H](OC(C)=O)[C@H]1OC(C)=O. The predicted molar refractivity (Wildman–Crippen MR) is 147 cm³/mol. The molecule has 19 nitrogen and oxygen atoms in total. The Morgan fingerprint density at radius 1 is 0.702 bits per heavy atom. The average Bonchev–Trinajstić information content (AvgIpc) is 2.92. The van der Waals surface area contributed by atoms with E-state index in [1.54, 1.807) is 0 Å². The zero-order valence-electron chi connectivity index (χ0n) is 27.0. The summed E-state index contributed by atoms with van der Waals surface area (Å²) >= 11 is 0. The van der Waals surface area contributed by atoms with E-state index in [0.717, 1.165) is 48.5 Å². The fraction of sp³-hybridized carbons (Fsp3) is 0.714. The van der Waals surface area contributed by atoms with Crippen molar-refractivity contribution >= 4 is 47.7 Å². The number of hydrogen-bond donors (Lipinski definition) is 2. The van der Waals surface area contributed by atoms with E-state index >= 15 is 0 Å². The van der Waals surface area contributed by atoms with Gasteiger partial charge in [0, 0.05) is 48.0 Å². The van der Waals surface area contributed by atoms with Crippen LogP contribution in [0, 0.1) is 0 Å². The molecule has 10 atom stereocenters. The fourth-order valence-corrected chi connectivity index (χ4v) is 5.00. The molecule has 2 N–H and O–H groups in total. The molecule has 264 valence electrons. The number of carboxylic acid groups (broad SMARTS) is 1. The molecule has 0 saturated carbocycles. The standard InChI is InChI=1S/C28H39NO18/c1-9-18(36)29-19-21(20(40-12(3)31)17(10-39-11(2)30)45-27(19)44-16(7)35)46-28(8)25(43-15(6)34)23(42-14(5)33)22(41-13(4)32)24(47-28)26(37)38/h17,19-25,27H,9-10H2,1-8H3,(H,29,36)(H,37,38)/t17-,19-,20-,21-,22+,23+,24+,25-,27?,28-/m1/s1. The van der Waals surface area contributed by atoms with Crippen LogP contribution in [0.1, 0.15) is 61.8 Å². The third-order valence-corrected chi connectivity index (χ3v) is 6.64. The van der Waals surface area contributed by atoms with Gasteiger partial charge in [-0.3, -0.25) is 33.6 Å². The first kappa shape index (κ1) is 38.8. The first-order valence-corrected chi connectivity index (χ1v) is 14.3. The summed E-state index contributed by atoms with van der Waals surface area (Å²) in [5, 5.41) is 12.6. The number of rotatable bonds is 12. The monoisotopic (exact) mass is 677 g/mol. The van der Waals surface area contributed by atoms with E-state index < -0.39 is 115 Å². The van der Waals surface area contributed by atoms with Gasteiger partial charge in [0.2, 0.25) is 18.0 Å². The second-order valence-corrected chi connectivity index (χ2v) is 10.6. The molecule has 0 aromatic carbocycles. The first-order valence-electron chi connectivity index (χ1n) is 14.3. The molecule has 0 aliphatic carbocycles. The highest BCUT2D eigenvalue weighted by Crippen LogP contribution is 2.40. The highest BCUT2D eigenvalue weighted by atomic mass is 16.8. The van der Waals surface area contributed by atoms with Gasteiger partial charge in [-0.15, -0.1) is 0 Å². The molecule has 2 rings (SSSR count). The number of carbonyl (C=O) groups excluding carboxylic acids is 7. The lowest BCUT2D eigenvalue weighted by Gasteiger charge is -2.52. The molecule has 2 aliphatic rings. The zero-order valence-corrected chi connectivity index (χ0v) is 27.0. The van der Waals surface area contributed by atoms with E-state index in [-0.39, 0.29) is 6.42 Å². The van der Waals surface area contributed by atoms with Crippen LogP contribution in [0.25, 0.3) is 0 Å². The van der Waals surface area contributed by atoms with Gasteiger partial charge in [-0.05, 0) is 6.92 Å². The number of carbonyl (C=O) groups is 8. The van der Waals surface area contributed by atoms with Gasteiger partial charge in [-0.2, -0.15) is 0 Å². The normalized spacial score (nSPS) is 31.7. The summed E-state index contributed by atoms with van der Waals surface area (Å²) in [6.07, 6.45) is -14.4. The molecule has 0 aromatic heterocycles. The Morgan fingerprint density at radius 3 is 1.68 bits per heavy atom. The number of hydrogen-bond acceptors (Lipinski definition) is 17. The first-order chi connectivity index (χ1) is 21.8. The average molecular weight is 678 g/mol. The lowest BCUT2D eigenvalue weighted by Crippen LogP contribution is -2.73. The predicted octanol–water partition coefficient (Wildman–Crippen LogP) is -0.956. The van der Waals surface area contributed by atoms with Crippen molar-refractivity contribution < 1.29 is 86.1 Å². The summed E-state index contributed by atoms with van der Waals surface area (Å²) in [6.45, 7) is 7.93. The number of amides is 1. The van der Waals surface area contributed by atoms with Gasteiger partial charge in [0.15, 0.2) is 30.5 Å². The van der Waals surface area contributed by atoms with Crippen LogP contribution in [-0.2, 0) is 81.0 Å². The minimum atomic E-state index is -2.49. The lowest BCUT2D eigenvalue weighted by atomic mass is 9.90. The van der Waals surface area contributed by atoms with Crippen molar-refractivity contribution in [2.45, 2.75) is 123 Å². The van der Waals surface area contributed by atoms with Crippen LogP contribution in [-0.4, -0.2) is 120 Å². The number of aliphatic carboxylic acids is 1. The van der Waals surface area contributed by atoms with Crippen molar-refractivity contribution in [1.82, 2.24) is 5.32 Å². The maximum atomic E-state index is 12.7. The van der Waals surface area contributed by atoms with Crippen molar-refractivity contribution in [2.24, 2.45) is 0 Å². The van der Waals surface area contributed by atoms with Crippen LogP contribution in [0.4, 0.5) is 0 Å². The van der Waals surface area contributed by atoms with E-state index in [4.69, 9.17) is 42.6 Å². The fourth-order valence-electron chi connectivity index (χ4n) is 5.00. The molecule has 2 saturated heterocycles.